The highest BCUT2D eigenvalue weighted by molar-refractivity contribution is 7.89. The number of nitrogens with one attached hydrogen (secondary N) is 1. The Hall–Kier alpha value is -1.89. The molecule has 1 amide bonds. The monoisotopic (exact) mass is 378 g/mol. The van der Waals surface area contributed by atoms with Crippen LogP contribution in [0.25, 0.3) is 0 Å². The van der Waals surface area contributed by atoms with Crippen molar-refractivity contribution in [1.82, 2.24) is 9.62 Å². The van der Waals surface area contributed by atoms with Crippen LogP contribution in [0, 0.1) is 13.8 Å². The SMILES string of the molecule is Cc1ccc(S(=O)(=O)N2CCNC(=O)C2c2cccc(Cl)c2)cc1C. The molecule has 3 rings (SSSR count). The minimum absolute atomic E-state index is 0.192. The molecular weight excluding hydrogens is 360 g/mol. The first-order valence-corrected chi connectivity index (χ1v) is 9.75. The van der Waals surface area contributed by atoms with Gasteiger partial charge in [0.2, 0.25) is 15.9 Å². The zero-order valence-corrected chi connectivity index (χ0v) is 15.6. The van der Waals surface area contributed by atoms with Gasteiger partial charge in [-0.3, -0.25) is 4.79 Å². The van der Waals surface area contributed by atoms with E-state index in [4.69, 9.17) is 11.6 Å². The number of hydrogen-bond acceptors (Lipinski definition) is 3. The smallest absolute Gasteiger partial charge is 0.244 e. The second-order valence-corrected chi connectivity index (χ2v) is 8.44. The average molecular weight is 379 g/mol. The van der Waals surface area contributed by atoms with Gasteiger partial charge in [0.05, 0.1) is 4.90 Å². The Balaban J connectivity index is 2.08. The molecule has 1 atom stereocenters. The second-order valence-electron chi connectivity index (χ2n) is 6.11. The lowest BCUT2D eigenvalue weighted by atomic mass is 10.0. The minimum atomic E-state index is -3.81. The van der Waals surface area contributed by atoms with E-state index in [9.17, 15) is 13.2 Å². The Labute approximate surface area is 152 Å². The molecule has 0 spiro atoms. The van der Waals surface area contributed by atoms with Gasteiger partial charge in [0.1, 0.15) is 6.04 Å². The Kier molecular flexibility index (Phi) is 4.86. The number of hydrogen-bond donors (Lipinski definition) is 1. The fraction of sp³-hybridized carbons (Fsp3) is 0.278. The summed E-state index contributed by atoms with van der Waals surface area (Å²) in [6.07, 6.45) is 0. The summed E-state index contributed by atoms with van der Waals surface area (Å²) in [5, 5.41) is 3.19. The fourth-order valence-corrected chi connectivity index (χ4v) is 4.77. The van der Waals surface area contributed by atoms with Crippen LogP contribution in [0.3, 0.4) is 0 Å². The van der Waals surface area contributed by atoms with E-state index in [1.165, 1.54) is 4.31 Å². The molecular formula is C18H19ClN2O3S. The van der Waals surface area contributed by atoms with Crippen LogP contribution >= 0.6 is 11.6 Å². The van der Waals surface area contributed by atoms with Crippen LogP contribution in [0.2, 0.25) is 5.02 Å². The van der Waals surface area contributed by atoms with Gasteiger partial charge in [-0.1, -0.05) is 29.8 Å². The van der Waals surface area contributed by atoms with Crippen LogP contribution in [0.15, 0.2) is 47.4 Å². The second kappa shape index (κ2) is 6.78. The van der Waals surface area contributed by atoms with Crippen molar-refractivity contribution in [2.24, 2.45) is 0 Å². The number of aryl methyl sites for hydroxylation is 2. The van der Waals surface area contributed by atoms with Crippen molar-refractivity contribution in [2.45, 2.75) is 24.8 Å². The number of rotatable bonds is 3. The van der Waals surface area contributed by atoms with E-state index < -0.39 is 16.1 Å². The zero-order chi connectivity index (χ0) is 18.2. The molecule has 1 aliphatic rings. The molecule has 0 aliphatic carbocycles. The molecule has 0 saturated carbocycles. The predicted octanol–water partition coefficient (Wildman–Crippen LogP) is 2.82. The first-order valence-electron chi connectivity index (χ1n) is 7.93. The van der Waals surface area contributed by atoms with E-state index in [1.54, 1.807) is 42.5 Å². The highest BCUT2D eigenvalue weighted by Crippen LogP contribution is 2.31. The molecule has 7 heteroatoms. The standard InChI is InChI=1S/C18H19ClN2O3S/c1-12-6-7-16(10-13(12)2)25(23,24)21-9-8-20-18(22)17(21)14-4-3-5-15(19)11-14/h3-7,10-11,17H,8-9H2,1-2H3,(H,20,22). The quantitative estimate of drug-likeness (QED) is 0.893. The average Bonchev–Trinajstić information content (AvgIpc) is 2.57. The molecule has 1 saturated heterocycles. The van der Waals surface area contributed by atoms with Crippen LogP contribution < -0.4 is 5.32 Å². The molecule has 132 valence electrons. The Morgan fingerprint density at radius 2 is 1.88 bits per heavy atom. The van der Waals surface area contributed by atoms with E-state index in [-0.39, 0.29) is 23.9 Å². The summed E-state index contributed by atoms with van der Waals surface area (Å²) in [6, 6.07) is 10.8. The normalized spacial score (nSPS) is 18.8. The number of halogens is 1. The molecule has 2 aromatic carbocycles. The molecule has 0 bridgehead atoms. The Morgan fingerprint density at radius 3 is 2.56 bits per heavy atom. The third-order valence-electron chi connectivity index (χ3n) is 4.42. The molecule has 0 radical (unpaired) electrons. The van der Waals surface area contributed by atoms with Crippen LogP contribution in [0.1, 0.15) is 22.7 Å². The maximum atomic E-state index is 13.2. The van der Waals surface area contributed by atoms with Gasteiger partial charge in [0, 0.05) is 18.1 Å². The summed E-state index contributed by atoms with van der Waals surface area (Å²) in [7, 11) is -3.81. The van der Waals surface area contributed by atoms with E-state index >= 15 is 0 Å². The topological polar surface area (TPSA) is 66.5 Å². The van der Waals surface area contributed by atoms with Gasteiger partial charge in [-0.2, -0.15) is 4.31 Å². The van der Waals surface area contributed by atoms with Crippen molar-refractivity contribution in [3.63, 3.8) is 0 Å². The molecule has 1 fully saturated rings. The molecule has 1 unspecified atom stereocenters. The highest BCUT2D eigenvalue weighted by atomic mass is 35.5. The summed E-state index contributed by atoms with van der Waals surface area (Å²) in [5.41, 5.74) is 2.46. The molecule has 1 heterocycles. The fourth-order valence-electron chi connectivity index (χ4n) is 2.91. The van der Waals surface area contributed by atoms with Crippen LogP contribution in [0.5, 0.6) is 0 Å². The molecule has 25 heavy (non-hydrogen) atoms. The van der Waals surface area contributed by atoms with Gasteiger partial charge in [0.15, 0.2) is 0 Å². The minimum Gasteiger partial charge on any atom is -0.353 e. The summed E-state index contributed by atoms with van der Waals surface area (Å²) in [5.74, 6) is -0.346. The van der Waals surface area contributed by atoms with Crippen molar-refractivity contribution in [3.8, 4) is 0 Å². The van der Waals surface area contributed by atoms with Gasteiger partial charge >= 0.3 is 0 Å². The molecule has 5 nitrogen and oxygen atoms in total. The highest BCUT2D eigenvalue weighted by Gasteiger charge is 2.39. The van der Waals surface area contributed by atoms with Crippen molar-refractivity contribution >= 4 is 27.5 Å². The third kappa shape index (κ3) is 3.42. The summed E-state index contributed by atoms with van der Waals surface area (Å²) < 4.78 is 27.6. The lowest BCUT2D eigenvalue weighted by molar-refractivity contribution is -0.126. The lowest BCUT2D eigenvalue weighted by Gasteiger charge is -2.34. The van der Waals surface area contributed by atoms with E-state index in [1.807, 2.05) is 13.8 Å². The molecule has 0 aromatic heterocycles. The molecule has 1 N–H and O–H groups in total. The van der Waals surface area contributed by atoms with Gasteiger partial charge in [-0.25, -0.2) is 8.42 Å². The van der Waals surface area contributed by atoms with E-state index in [2.05, 4.69) is 5.32 Å². The number of carbonyl (C=O) groups excluding carboxylic acids is 1. The number of sulfonamides is 1. The first-order chi connectivity index (χ1) is 11.8. The van der Waals surface area contributed by atoms with E-state index in [0.717, 1.165) is 11.1 Å². The molecule has 1 aliphatic heterocycles. The zero-order valence-electron chi connectivity index (χ0n) is 14.0. The van der Waals surface area contributed by atoms with Crippen molar-refractivity contribution in [1.29, 1.82) is 0 Å². The maximum absolute atomic E-state index is 13.2. The third-order valence-corrected chi connectivity index (χ3v) is 6.51. The molecule has 2 aromatic rings. The van der Waals surface area contributed by atoms with Crippen LogP contribution in [-0.4, -0.2) is 31.7 Å². The number of amides is 1. The summed E-state index contributed by atoms with van der Waals surface area (Å²) in [4.78, 5) is 12.6. The number of benzene rings is 2. The number of carbonyl (C=O) groups is 1. The Bertz CT molecular complexity index is 928. The van der Waals surface area contributed by atoms with E-state index in [0.29, 0.717) is 10.6 Å². The van der Waals surface area contributed by atoms with Crippen LogP contribution in [0.4, 0.5) is 0 Å². The summed E-state index contributed by atoms with van der Waals surface area (Å²) >= 11 is 6.03. The largest absolute Gasteiger partial charge is 0.353 e. The van der Waals surface area contributed by atoms with Crippen molar-refractivity contribution < 1.29 is 13.2 Å². The lowest BCUT2D eigenvalue weighted by Crippen LogP contribution is -2.52. The van der Waals surface area contributed by atoms with Crippen molar-refractivity contribution in [3.05, 3.63) is 64.2 Å². The van der Waals surface area contributed by atoms with Gasteiger partial charge < -0.3 is 5.32 Å². The number of nitrogens with zero attached hydrogens (tertiary/aromatic N) is 1. The van der Waals surface area contributed by atoms with Gasteiger partial charge in [-0.05, 0) is 54.8 Å². The summed E-state index contributed by atoms with van der Waals surface area (Å²) in [6.45, 7) is 4.28. The Morgan fingerprint density at radius 1 is 1.12 bits per heavy atom. The number of piperazine rings is 1. The van der Waals surface area contributed by atoms with Gasteiger partial charge in [-0.15, -0.1) is 0 Å². The van der Waals surface area contributed by atoms with Gasteiger partial charge in [0.25, 0.3) is 0 Å². The maximum Gasteiger partial charge on any atom is 0.244 e. The van der Waals surface area contributed by atoms with Crippen molar-refractivity contribution in [2.75, 3.05) is 13.1 Å². The predicted molar refractivity (Wildman–Crippen MR) is 97.0 cm³/mol. The van der Waals surface area contributed by atoms with Crippen LogP contribution in [-0.2, 0) is 14.8 Å². The first kappa shape index (κ1) is 17.9.